The number of hydrogen-bond donors (Lipinski definition) is 0. The smallest absolute Gasteiger partial charge is 0.164 e. The van der Waals surface area contributed by atoms with Gasteiger partial charge in [0.05, 0.1) is 11.0 Å². The van der Waals surface area contributed by atoms with Crippen LogP contribution in [0.2, 0.25) is 0 Å². The van der Waals surface area contributed by atoms with E-state index in [1.54, 1.807) is 0 Å². The van der Waals surface area contributed by atoms with Gasteiger partial charge in [-0.25, -0.2) is 15.0 Å². The van der Waals surface area contributed by atoms with Gasteiger partial charge in [0.25, 0.3) is 0 Å². The fourth-order valence-electron chi connectivity index (χ4n) is 8.20. The van der Waals surface area contributed by atoms with E-state index in [2.05, 4.69) is 150 Å². The summed E-state index contributed by atoms with van der Waals surface area (Å²) in [6, 6.07) is 73.1. The van der Waals surface area contributed by atoms with E-state index in [9.17, 15) is 0 Å². The third-order valence-corrected chi connectivity index (χ3v) is 11.0. The molecular weight excluding hydrogens is 693 g/mol. The minimum absolute atomic E-state index is 0.650. The zero-order chi connectivity index (χ0) is 37.7. The van der Waals surface area contributed by atoms with Crippen LogP contribution in [0.5, 0.6) is 0 Å². The van der Waals surface area contributed by atoms with E-state index in [4.69, 9.17) is 15.0 Å². The molecule has 0 radical (unpaired) electrons. The lowest BCUT2D eigenvalue weighted by molar-refractivity contribution is 1.07. The summed E-state index contributed by atoms with van der Waals surface area (Å²) in [7, 11) is 0. The molecule has 0 fully saturated rings. The van der Waals surface area contributed by atoms with Crippen molar-refractivity contribution in [2.24, 2.45) is 0 Å². The summed E-state index contributed by atoms with van der Waals surface area (Å²) in [6.07, 6.45) is 0. The number of aromatic nitrogens is 4. The van der Waals surface area contributed by atoms with Crippen LogP contribution >= 0.6 is 0 Å². The lowest BCUT2D eigenvalue weighted by Gasteiger charge is -2.12. The molecule has 0 saturated heterocycles. The molecule has 57 heavy (non-hydrogen) atoms. The molecule has 0 unspecified atom stereocenters. The number of benzene rings is 9. The first-order chi connectivity index (χ1) is 28.2. The maximum absolute atomic E-state index is 4.98. The molecule has 0 amide bonds. The SMILES string of the molecule is c1ccc(-c2ccc3c(c2)c2cc(-c4ccccc4)ccc2n3-c2ccc3c(ccc4cc(-c5nc(-c6ccccc6)nc(-c6ccccc6)n5)ccc43)c2)cc1. The predicted molar refractivity (Wildman–Crippen MR) is 236 cm³/mol. The van der Waals surface area contributed by atoms with Gasteiger partial charge in [-0.05, 0) is 86.3 Å². The molecule has 4 heteroatoms. The van der Waals surface area contributed by atoms with Crippen LogP contribution in [0.25, 0.3) is 105 Å². The van der Waals surface area contributed by atoms with Crippen LogP contribution in [-0.2, 0) is 0 Å². The molecule has 0 aliphatic heterocycles. The molecule has 0 atom stereocenters. The summed E-state index contributed by atoms with van der Waals surface area (Å²) in [5.74, 6) is 1.96. The van der Waals surface area contributed by atoms with Crippen LogP contribution in [0.3, 0.4) is 0 Å². The topological polar surface area (TPSA) is 43.6 Å². The third kappa shape index (κ3) is 5.83. The highest BCUT2D eigenvalue weighted by Gasteiger charge is 2.17. The maximum atomic E-state index is 4.98. The average molecular weight is 727 g/mol. The van der Waals surface area contributed by atoms with E-state index < -0.39 is 0 Å². The standard InChI is InChI=1S/C53H34N4/c1-5-13-35(14-6-1)39-24-29-49-47(33-39)48-34-40(36-15-7-2-8-16-36)25-30-50(48)57(49)44-26-28-46-42(32-44)22-21-41-31-43(23-27-45(41)46)53-55-51(37-17-9-3-10-18-37)54-52(56-53)38-19-11-4-12-20-38/h1-34H. The molecule has 0 aliphatic carbocycles. The fraction of sp³-hybridized carbons (Fsp3) is 0. The van der Waals surface area contributed by atoms with E-state index in [0.29, 0.717) is 17.5 Å². The Bertz CT molecular complexity index is 3110. The molecule has 0 saturated carbocycles. The Hall–Kier alpha value is -7.69. The van der Waals surface area contributed by atoms with E-state index in [1.807, 2.05) is 60.7 Å². The third-order valence-electron chi connectivity index (χ3n) is 11.0. The van der Waals surface area contributed by atoms with Crippen LogP contribution in [-0.4, -0.2) is 19.5 Å². The zero-order valence-corrected chi connectivity index (χ0v) is 30.9. The Kier molecular flexibility index (Phi) is 7.78. The van der Waals surface area contributed by atoms with Gasteiger partial charge in [0, 0.05) is 33.2 Å². The number of fused-ring (bicyclic) bond motifs is 6. The van der Waals surface area contributed by atoms with Crippen LogP contribution in [0.4, 0.5) is 0 Å². The predicted octanol–water partition coefficient (Wildman–Crippen LogP) is 13.6. The Morgan fingerprint density at radius 1 is 0.263 bits per heavy atom. The molecule has 0 aliphatic rings. The summed E-state index contributed by atoms with van der Waals surface area (Å²) in [6.45, 7) is 0. The van der Waals surface area contributed by atoms with Crippen molar-refractivity contribution in [3.63, 3.8) is 0 Å². The monoisotopic (exact) mass is 726 g/mol. The Balaban J connectivity index is 1.03. The first-order valence-electron chi connectivity index (χ1n) is 19.3. The van der Waals surface area contributed by atoms with Crippen LogP contribution in [0.1, 0.15) is 0 Å². The highest BCUT2D eigenvalue weighted by atomic mass is 15.0. The molecule has 266 valence electrons. The first-order valence-corrected chi connectivity index (χ1v) is 19.3. The van der Waals surface area contributed by atoms with Crippen LogP contribution in [0, 0.1) is 0 Å². The summed E-state index contributed by atoms with van der Waals surface area (Å²) in [5, 5.41) is 7.17. The van der Waals surface area contributed by atoms with Crippen molar-refractivity contribution in [3.8, 4) is 62.1 Å². The molecule has 11 aromatic rings. The van der Waals surface area contributed by atoms with Crippen molar-refractivity contribution in [1.29, 1.82) is 0 Å². The molecule has 0 spiro atoms. The van der Waals surface area contributed by atoms with Gasteiger partial charge >= 0.3 is 0 Å². The van der Waals surface area contributed by atoms with Crippen molar-refractivity contribution < 1.29 is 0 Å². The number of rotatable bonds is 6. The van der Waals surface area contributed by atoms with Crippen molar-refractivity contribution in [2.75, 3.05) is 0 Å². The number of nitrogens with zero attached hydrogens (tertiary/aromatic N) is 4. The minimum Gasteiger partial charge on any atom is -0.309 e. The fourth-order valence-corrected chi connectivity index (χ4v) is 8.20. The minimum atomic E-state index is 0.650. The molecule has 0 bridgehead atoms. The summed E-state index contributed by atoms with van der Waals surface area (Å²) >= 11 is 0. The second-order valence-corrected chi connectivity index (χ2v) is 14.5. The van der Waals surface area contributed by atoms with Gasteiger partial charge in [-0.3, -0.25) is 0 Å². The van der Waals surface area contributed by atoms with Crippen molar-refractivity contribution in [1.82, 2.24) is 19.5 Å². The first kappa shape index (κ1) is 32.7. The number of hydrogen-bond acceptors (Lipinski definition) is 3. The van der Waals surface area contributed by atoms with Crippen molar-refractivity contribution in [3.05, 3.63) is 206 Å². The molecular formula is C53H34N4. The molecule has 2 aromatic heterocycles. The summed E-state index contributed by atoms with van der Waals surface area (Å²) in [4.78, 5) is 14.8. The van der Waals surface area contributed by atoms with E-state index >= 15 is 0 Å². The van der Waals surface area contributed by atoms with Gasteiger partial charge in [0.15, 0.2) is 17.5 Å². The van der Waals surface area contributed by atoms with Gasteiger partial charge in [0.2, 0.25) is 0 Å². The quantitative estimate of drug-likeness (QED) is 0.160. The Morgan fingerprint density at radius 2 is 0.667 bits per heavy atom. The van der Waals surface area contributed by atoms with Gasteiger partial charge in [-0.2, -0.15) is 0 Å². The molecule has 4 nitrogen and oxygen atoms in total. The van der Waals surface area contributed by atoms with Crippen LogP contribution in [0.15, 0.2) is 206 Å². The van der Waals surface area contributed by atoms with E-state index in [1.165, 1.54) is 60.2 Å². The van der Waals surface area contributed by atoms with E-state index in [-0.39, 0.29) is 0 Å². The van der Waals surface area contributed by atoms with Crippen LogP contribution < -0.4 is 0 Å². The van der Waals surface area contributed by atoms with Gasteiger partial charge in [-0.1, -0.05) is 164 Å². The van der Waals surface area contributed by atoms with Gasteiger partial charge in [-0.15, -0.1) is 0 Å². The lowest BCUT2D eigenvalue weighted by atomic mass is 9.99. The lowest BCUT2D eigenvalue weighted by Crippen LogP contribution is -2.00. The second-order valence-electron chi connectivity index (χ2n) is 14.5. The molecule has 0 N–H and O–H groups in total. The molecule has 11 rings (SSSR count). The van der Waals surface area contributed by atoms with Gasteiger partial charge in [0.1, 0.15) is 0 Å². The van der Waals surface area contributed by atoms with Crippen molar-refractivity contribution >= 4 is 43.4 Å². The zero-order valence-electron chi connectivity index (χ0n) is 30.9. The largest absolute Gasteiger partial charge is 0.309 e. The highest BCUT2D eigenvalue weighted by molar-refractivity contribution is 6.13. The maximum Gasteiger partial charge on any atom is 0.164 e. The van der Waals surface area contributed by atoms with Gasteiger partial charge < -0.3 is 4.57 Å². The van der Waals surface area contributed by atoms with Crippen molar-refractivity contribution in [2.45, 2.75) is 0 Å². The summed E-state index contributed by atoms with van der Waals surface area (Å²) in [5.41, 5.74) is 11.2. The second kappa shape index (κ2) is 13.6. The molecule has 2 heterocycles. The Morgan fingerprint density at radius 3 is 1.16 bits per heavy atom. The normalized spacial score (nSPS) is 11.5. The summed E-state index contributed by atoms with van der Waals surface area (Å²) < 4.78 is 2.41. The Labute approximate surface area is 330 Å². The van der Waals surface area contributed by atoms with E-state index in [0.717, 1.165) is 27.8 Å². The average Bonchev–Trinajstić information content (AvgIpc) is 3.62. The highest BCUT2D eigenvalue weighted by Crippen LogP contribution is 2.39. The molecule has 9 aromatic carbocycles.